The molecule has 0 spiro atoms. The van der Waals surface area contributed by atoms with E-state index in [0.717, 1.165) is 11.4 Å². The van der Waals surface area contributed by atoms with Gasteiger partial charge in [0.1, 0.15) is 12.1 Å². The molecule has 26 heavy (non-hydrogen) atoms. The van der Waals surface area contributed by atoms with E-state index in [9.17, 15) is 4.79 Å². The molecule has 1 amide bonds. The number of nitrogens with zero attached hydrogens (tertiary/aromatic N) is 4. The number of aromatic nitrogens is 3. The van der Waals surface area contributed by atoms with E-state index in [1.807, 2.05) is 43.7 Å². The molecule has 0 radical (unpaired) electrons. The normalized spacial score (nSPS) is 11.5. The van der Waals surface area contributed by atoms with Gasteiger partial charge in [-0.3, -0.25) is 14.4 Å². The first-order valence-corrected chi connectivity index (χ1v) is 8.06. The van der Waals surface area contributed by atoms with E-state index in [0.29, 0.717) is 12.5 Å². The average Bonchev–Trinajstić information content (AvgIpc) is 3.08. The summed E-state index contributed by atoms with van der Waals surface area (Å²) in [6, 6.07) is 3.89. The maximum atomic E-state index is 11.9. The van der Waals surface area contributed by atoms with Crippen LogP contribution in [0.3, 0.4) is 0 Å². The molecule has 0 aliphatic carbocycles. The molecule has 8 nitrogen and oxygen atoms in total. The average molecular weight is 471 g/mol. The van der Waals surface area contributed by atoms with Crippen LogP contribution in [-0.2, 0) is 11.3 Å². The highest BCUT2D eigenvalue weighted by atomic mass is 127. The third-order valence-corrected chi connectivity index (χ3v) is 3.19. The lowest BCUT2D eigenvalue weighted by Crippen LogP contribution is -2.48. The molecule has 142 valence electrons. The van der Waals surface area contributed by atoms with Crippen molar-refractivity contribution < 1.29 is 4.79 Å². The third-order valence-electron chi connectivity index (χ3n) is 3.19. The van der Waals surface area contributed by atoms with Crippen LogP contribution in [0.5, 0.6) is 0 Å². The molecule has 0 saturated heterocycles. The Morgan fingerprint density at radius 2 is 2.04 bits per heavy atom. The van der Waals surface area contributed by atoms with Crippen LogP contribution in [0.4, 0.5) is 0 Å². The molecule has 0 bridgehead atoms. The summed E-state index contributed by atoms with van der Waals surface area (Å²) in [4.78, 5) is 24.3. The second-order valence-corrected chi connectivity index (χ2v) is 6.57. The maximum Gasteiger partial charge on any atom is 0.239 e. The first-order chi connectivity index (χ1) is 11.9. The number of aliphatic imine (C=N–C) groups is 1. The summed E-state index contributed by atoms with van der Waals surface area (Å²) in [5.41, 5.74) is 0.789. The molecule has 0 unspecified atom stereocenters. The zero-order chi connectivity index (χ0) is 18.3. The predicted molar refractivity (Wildman–Crippen MR) is 113 cm³/mol. The Morgan fingerprint density at radius 1 is 1.27 bits per heavy atom. The van der Waals surface area contributed by atoms with Crippen molar-refractivity contribution in [1.29, 1.82) is 0 Å². The van der Waals surface area contributed by atoms with E-state index < -0.39 is 0 Å². The van der Waals surface area contributed by atoms with Crippen molar-refractivity contribution in [2.75, 3.05) is 13.6 Å². The Hall–Kier alpha value is -2.17. The smallest absolute Gasteiger partial charge is 0.239 e. The van der Waals surface area contributed by atoms with Crippen LogP contribution in [0.15, 0.2) is 42.0 Å². The van der Waals surface area contributed by atoms with Crippen molar-refractivity contribution >= 4 is 35.8 Å². The maximum absolute atomic E-state index is 11.9. The molecule has 0 aliphatic heterocycles. The summed E-state index contributed by atoms with van der Waals surface area (Å²) in [5, 5.41) is 9.08. The summed E-state index contributed by atoms with van der Waals surface area (Å²) in [6.45, 7) is 6.55. The predicted octanol–water partition coefficient (Wildman–Crippen LogP) is 1.47. The summed E-state index contributed by atoms with van der Waals surface area (Å²) in [5.74, 6) is 1.27. The number of hydrogen-bond donors (Lipinski definition) is 3. The Labute approximate surface area is 170 Å². The molecule has 0 fully saturated rings. The second-order valence-electron chi connectivity index (χ2n) is 6.57. The minimum Gasteiger partial charge on any atom is -0.352 e. The Morgan fingerprint density at radius 3 is 2.65 bits per heavy atom. The molecule has 0 saturated carbocycles. The van der Waals surface area contributed by atoms with Gasteiger partial charge >= 0.3 is 0 Å². The standard InChI is InChI=1S/C17H25N7O.HI/c1-17(2,3)23-15(25)11-22-16(18-4)21-10-13-5-6-20-14(9-13)24-8-7-19-12-24;/h5-9,12H,10-11H2,1-4H3,(H,23,25)(H2,18,21,22);1H. The fraction of sp³-hybridized carbons (Fsp3) is 0.412. The lowest BCUT2D eigenvalue weighted by molar-refractivity contribution is -0.121. The quantitative estimate of drug-likeness (QED) is 0.349. The van der Waals surface area contributed by atoms with E-state index in [2.05, 4.69) is 30.9 Å². The molecule has 0 aromatic carbocycles. The molecular formula is C17H26IN7O. The van der Waals surface area contributed by atoms with Crippen molar-refractivity contribution in [3.8, 4) is 5.82 Å². The first kappa shape index (κ1) is 21.9. The van der Waals surface area contributed by atoms with Crippen LogP contribution in [0, 0.1) is 0 Å². The molecule has 9 heteroatoms. The fourth-order valence-corrected chi connectivity index (χ4v) is 2.14. The lowest BCUT2D eigenvalue weighted by Gasteiger charge is -2.21. The highest BCUT2D eigenvalue weighted by Crippen LogP contribution is 2.06. The number of rotatable bonds is 5. The van der Waals surface area contributed by atoms with Gasteiger partial charge in [-0.2, -0.15) is 0 Å². The number of carbonyl (C=O) groups is 1. The van der Waals surface area contributed by atoms with Crippen molar-refractivity contribution in [3.63, 3.8) is 0 Å². The Balaban J connectivity index is 0.00000338. The Kier molecular flexibility index (Phi) is 8.49. The van der Waals surface area contributed by atoms with E-state index in [4.69, 9.17) is 0 Å². The van der Waals surface area contributed by atoms with Gasteiger partial charge in [-0.15, -0.1) is 24.0 Å². The Bertz CT molecular complexity index is 723. The minimum atomic E-state index is -0.253. The largest absolute Gasteiger partial charge is 0.352 e. The molecule has 2 aromatic heterocycles. The van der Waals surface area contributed by atoms with Crippen LogP contribution in [0.1, 0.15) is 26.3 Å². The molecule has 2 aromatic rings. The highest BCUT2D eigenvalue weighted by molar-refractivity contribution is 14.0. The lowest BCUT2D eigenvalue weighted by atomic mass is 10.1. The van der Waals surface area contributed by atoms with E-state index >= 15 is 0 Å². The van der Waals surface area contributed by atoms with Gasteiger partial charge in [0, 0.05) is 37.7 Å². The number of amides is 1. The number of imidazole rings is 1. The minimum absolute atomic E-state index is 0. The summed E-state index contributed by atoms with van der Waals surface area (Å²) < 4.78 is 1.84. The van der Waals surface area contributed by atoms with Gasteiger partial charge < -0.3 is 16.0 Å². The molecule has 0 atom stereocenters. The molecule has 0 aliphatic rings. The van der Waals surface area contributed by atoms with Crippen molar-refractivity contribution in [1.82, 2.24) is 30.5 Å². The van der Waals surface area contributed by atoms with Gasteiger partial charge in [0.2, 0.25) is 5.91 Å². The number of halogens is 1. The van der Waals surface area contributed by atoms with E-state index in [-0.39, 0.29) is 42.0 Å². The molecule has 2 rings (SSSR count). The monoisotopic (exact) mass is 471 g/mol. The van der Waals surface area contributed by atoms with Gasteiger partial charge in [0.05, 0.1) is 6.54 Å². The zero-order valence-corrected chi connectivity index (χ0v) is 17.8. The summed E-state index contributed by atoms with van der Waals surface area (Å²) in [7, 11) is 1.67. The van der Waals surface area contributed by atoms with Gasteiger partial charge in [0.25, 0.3) is 0 Å². The highest BCUT2D eigenvalue weighted by Gasteiger charge is 2.13. The SMILES string of the molecule is CN=C(NCC(=O)NC(C)(C)C)NCc1ccnc(-n2ccnc2)c1.I. The van der Waals surface area contributed by atoms with E-state index in [1.54, 1.807) is 25.8 Å². The van der Waals surface area contributed by atoms with Gasteiger partial charge in [-0.25, -0.2) is 9.97 Å². The van der Waals surface area contributed by atoms with Crippen LogP contribution in [-0.4, -0.2) is 45.5 Å². The van der Waals surface area contributed by atoms with Crippen molar-refractivity contribution in [2.24, 2.45) is 4.99 Å². The first-order valence-electron chi connectivity index (χ1n) is 8.06. The van der Waals surface area contributed by atoms with Crippen LogP contribution < -0.4 is 16.0 Å². The van der Waals surface area contributed by atoms with E-state index in [1.165, 1.54) is 0 Å². The zero-order valence-electron chi connectivity index (χ0n) is 15.5. The number of hydrogen-bond acceptors (Lipinski definition) is 4. The number of guanidine groups is 1. The number of nitrogens with one attached hydrogen (secondary N) is 3. The topological polar surface area (TPSA) is 96.2 Å². The molecule has 2 heterocycles. The number of carbonyl (C=O) groups excluding carboxylic acids is 1. The van der Waals surface area contributed by atoms with Crippen molar-refractivity contribution in [2.45, 2.75) is 32.9 Å². The third kappa shape index (κ3) is 7.38. The fourth-order valence-electron chi connectivity index (χ4n) is 2.14. The molecule has 3 N–H and O–H groups in total. The number of pyridine rings is 1. The van der Waals surface area contributed by atoms with Crippen molar-refractivity contribution in [3.05, 3.63) is 42.6 Å². The van der Waals surface area contributed by atoms with Crippen LogP contribution in [0.2, 0.25) is 0 Å². The summed E-state index contributed by atoms with van der Waals surface area (Å²) in [6.07, 6.45) is 7.00. The van der Waals surface area contributed by atoms with Gasteiger partial charge in [-0.1, -0.05) is 0 Å². The molecular weight excluding hydrogens is 445 g/mol. The van der Waals surface area contributed by atoms with Crippen LogP contribution in [0.25, 0.3) is 5.82 Å². The van der Waals surface area contributed by atoms with Gasteiger partial charge in [-0.05, 0) is 38.5 Å². The summed E-state index contributed by atoms with van der Waals surface area (Å²) >= 11 is 0. The van der Waals surface area contributed by atoms with Gasteiger partial charge in [0.15, 0.2) is 5.96 Å². The van der Waals surface area contributed by atoms with Crippen LogP contribution >= 0.6 is 24.0 Å². The second kappa shape index (κ2) is 10.1.